The maximum absolute atomic E-state index is 4.31. The van der Waals surface area contributed by atoms with Crippen molar-refractivity contribution in [2.75, 3.05) is 30.8 Å². The number of nitrogens with zero attached hydrogens (tertiary/aromatic N) is 1. The zero-order valence-corrected chi connectivity index (χ0v) is 8.38. The second kappa shape index (κ2) is 4.28. The first-order valence-corrected chi connectivity index (χ1v) is 4.99. The Kier molecular flexibility index (Phi) is 2.84. The fourth-order valence-corrected chi connectivity index (χ4v) is 1.61. The molecule has 1 saturated heterocycles. The summed E-state index contributed by atoms with van der Waals surface area (Å²) in [4.78, 5) is 4.31. The van der Waals surface area contributed by atoms with Crippen LogP contribution >= 0.6 is 0 Å². The summed E-state index contributed by atoms with van der Waals surface area (Å²) in [6, 6.07) is 4.56. The van der Waals surface area contributed by atoms with Crippen LogP contribution in [0.5, 0.6) is 0 Å². The van der Waals surface area contributed by atoms with E-state index in [1.54, 1.807) is 0 Å². The zero-order valence-electron chi connectivity index (χ0n) is 8.38. The van der Waals surface area contributed by atoms with Crippen molar-refractivity contribution in [3.63, 3.8) is 0 Å². The summed E-state index contributed by atoms with van der Waals surface area (Å²) in [5.74, 6) is 0.956. The third kappa shape index (κ3) is 2.14. The van der Waals surface area contributed by atoms with Gasteiger partial charge in [-0.15, -0.1) is 0 Å². The van der Waals surface area contributed by atoms with Crippen molar-refractivity contribution >= 4 is 11.5 Å². The van der Waals surface area contributed by atoms with E-state index >= 15 is 0 Å². The third-order valence-electron chi connectivity index (χ3n) is 2.46. The lowest BCUT2D eigenvalue weighted by atomic mass is 10.2. The highest BCUT2D eigenvalue weighted by Crippen LogP contribution is 2.11. The topological polar surface area (TPSA) is 49.0 Å². The van der Waals surface area contributed by atoms with Gasteiger partial charge in [-0.1, -0.05) is 0 Å². The van der Waals surface area contributed by atoms with Gasteiger partial charge in [-0.05, 0) is 25.1 Å². The summed E-state index contributed by atoms with van der Waals surface area (Å²) in [5, 5.41) is 9.75. The summed E-state index contributed by atoms with van der Waals surface area (Å²) in [6.45, 7) is 2.14. The average molecular weight is 192 g/mol. The number of hydrogen-bond donors (Lipinski definition) is 3. The van der Waals surface area contributed by atoms with Crippen molar-refractivity contribution < 1.29 is 0 Å². The van der Waals surface area contributed by atoms with Crippen LogP contribution in [-0.2, 0) is 0 Å². The molecule has 2 rings (SSSR count). The van der Waals surface area contributed by atoms with Gasteiger partial charge < -0.3 is 16.0 Å². The van der Waals surface area contributed by atoms with Crippen molar-refractivity contribution in [3.8, 4) is 0 Å². The van der Waals surface area contributed by atoms with E-state index in [0.29, 0.717) is 6.04 Å². The predicted octanol–water partition coefficient (Wildman–Crippen LogP) is 0.897. The van der Waals surface area contributed by atoms with E-state index in [0.717, 1.165) is 24.6 Å². The van der Waals surface area contributed by atoms with Crippen LogP contribution in [-0.4, -0.2) is 31.2 Å². The highest BCUT2D eigenvalue weighted by Gasteiger charge is 2.13. The van der Waals surface area contributed by atoms with Gasteiger partial charge in [0.2, 0.25) is 0 Å². The smallest absolute Gasteiger partial charge is 0.126 e. The Hall–Kier alpha value is -1.29. The zero-order chi connectivity index (χ0) is 9.80. The largest absolute Gasteiger partial charge is 0.387 e. The Morgan fingerprint density at radius 3 is 3.00 bits per heavy atom. The lowest BCUT2D eigenvalue weighted by molar-refractivity contribution is 0.788. The number of aromatic nitrogens is 1. The number of nitrogens with one attached hydrogen (secondary N) is 3. The molecule has 0 amide bonds. The molecule has 1 aromatic rings. The van der Waals surface area contributed by atoms with E-state index in [1.807, 2.05) is 25.4 Å². The molecule has 1 aliphatic heterocycles. The van der Waals surface area contributed by atoms with Crippen molar-refractivity contribution in [2.24, 2.45) is 0 Å². The highest BCUT2D eigenvalue weighted by molar-refractivity contribution is 5.47. The molecule has 0 unspecified atom stereocenters. The van der Waals surface area contributed by atoms with Crippen LogP contribution in [0.3, 0.4) is 0 Å². The summed E-state index contributed by atoms with van der Waals surface area (Å²) < 4.78 is 0. The van der Waals surface area contributed by atoms with Crippen molar-refractivity contribution in [1.82, 2.24) is 10.3 Å². The standard InChI is InChI=1S/C10H16N4/c1-11-8-2-3-10(13-7-8)14-9-4-5-12-6-9/h2-3,7,9,11-12H,4-6H2,1H3,(H,13,14)/t9-/m0/s1. The summed E-state index contributed by atoms with van der Waals surface area (Å²) >= 11 is 0. The molecule has 4 nitrogen and oxygen atoms in total. The van der Waals surface area contributed by atoms with Crippen LogP contribution in [0.15, 0.2) is 18.3 Å². The Bertz CT molecular complexity index is 277. The molecule has 2 heterocycles. The summed E-state index contributed by atoms with van der Waals surface area (Å²) in [6.07, 6.45) is 3.01. The van der Waals surface area contributed by atoms with E-state index < -0.39 is 0 Å². The van der Waals surface area contributed by atoms with Gasteiger partial charge in [-0.25, -0.2) is 4.98 Å². The van der Waals surface area contributed by atoms with E-state index in [1.165, 1.54) is 6.42 Å². The number of pyridine rings is 1. The molecule has 0 bridgehead atoms. The molecule has 0 aliphatic carbocycles. The van der Waals surface area contributed by atoms with Gasteiger partial charge in [0.15, 0.2) is 0 Å². The molecular formula is C10H16N4. The molecule has 0 spiro atoms. The van der Waals surface area contributed by atoms with Crippen molar-refractivity contribution in [2.45, 2.75) is 12.5 Å². The van der Waals surface area contributed by atoms with E-state index in [-0.39, 0.29) is 0 Å². The number of anilines is 2. The van der Waals surface area contributed by atoms with Gasteiger partial charge in [-0.3, -0.25) is 0 Å². The van der Waals surface area contributed by atoms with Gasteiger partial charge in [-0.2, -0.15) is 0 Å². The molecule has 0 saturated carbocycles. The van der Waals surface area contributed by atoms with E-state index in [2.05, 4.69) is 20.9 Å². The van der Waals surface area contributed by atoms with Gasteiger partial charge in [0.1, 0.15) is 5.82 Å². The lowest BCUT2D eigenvalue weighted by Crippen LogP contribution is -2.22. The molecule has 1 aliphatic rings. The molecule has 1 atom stereocenters. The second-order valence-electron chi connectivity index (χ2n) is 3.52. The molecule has 76 valence electrons. The van der Waals surface area contributed by atoms with Gasteiger partial charge in [0.05, 0.1) is 11.9 Å². The van der Waals surface area contributed by atoms with Crippen LogP contribution < -0.4 is 16.0 Å². The Balaban J connectivity index is 1.95. The minimum Gasteiger partial charge on any atom is -0.387 e. The quantitative estimate of drug-likeness (QED) is 0.666. The first-order valence-electron chi connectivity index (χ1n) is 4.99. The summed E-state index contributed by atoms with van der Waals surface area (Å²) in [7, 11) is 1.89. The maximum atomic E-state index is 4.31. The predicted molar refractivity (Wildman–Crippen MR) is 58.7 cm³/mol. The Morgan fingerprint density at radius 1 is 1.50 bits per heavy atom. The number of rotatable bonds is 3. The molecule has 1 aromatic heterocycles. The molecule has 4 heteroatoms. The molecule has 1 fully saturated rings. The minimum atomic E-state index is 0.530. The normalized spacial score (nSPS) is 20.8. The first-order chi connectivity index (χ1) is 6.88. The monoisotopic (exact) mass is 192 g/mol. The van der Waals surface area contributed by atoms with Crippen LogP contribution in [0.4, 0.5) is 11.5 Å². The second-order valence-corrected chi connectivity index (χ2v) is 3.52. The molecular weight excluding hydrogens is 176 g/mol. The van der Waals surface area contributed by atoms with Gasteiger partial charge in [0, 0.05) is 19.6 Å². The SMILES string of the molecule is CNc1ccc(N[C@H]2CCNC2)nc1. The maximum Gasteiger partial charge on any atom is 0.126 e. The molecule has 14 heavy (non-hydrogen) atoms. The summed E-state index contributed by atoms with van der Waals surface area (Å²) in [5.41, 5.74) is 1.04. The third-order valence-corrected chi connectivity index (χ3v) is 2.46. The van der Waals surface area contributed by atoms with Crippen molar-refractivity contribution in [1.29, 1.82) is 0 Å². The molecule has 0 aromatic carbocycles. The minimum absolute atomic E-state index is 0.530. The van der Waals surface area contributed by atoms with Gasteiger partial charge >= 0.3 is 0 Å². The fourth-order valence-electron chi connectivity index (χ4n) is 1.61. The van der Waals surface area contributed by atoms with E-state index in [9.17, 15) is 0 Å². The van der Waals surface area contributed by atoms with Gasteiger partial charge in [0.25, 0.3) is 0 Å². The van der Waals surface area contributed by atoms with E-state index in [4.69, 9.17) is 0 Å². The Labute approximate surface area is 84.1 Å². The van der Waals surface area contributed by atoms with Crippen molar-refractivity contribution in [3.05, 3.63) is 18.3 Å². The number of hydrogen-bond acceptors (Lipinski definition) is 4. The average Bonchev–Trinajstić information content (AvgIpc) is 2.72. The highest BCUT2D eigenvalue weighted by atomic mass is 15.1. The molecule has 3 N–H and O–H groups in total. The van der Waals surface area contributed by atoms with Crippen LogP contribution in [0.1, 0.15) is 6.42 Å². The Morgan fingerprint density at radius 2 is 2.43 bits per heavy atom. The van der Waals surface area contributed by atoms with Crippen LogP contribution in [0.25, 0.3) is 0 Å². The van der Waals surface area contributed by atoms with Crippen LogP contribution in [0.2, 0.25) is 0 Å². The fraction of sp³-hybridized carbons (Fsp3) is 0.500. The molecule has 0 radical (unpaired) electrons. The lowest BCUT2D eigenvalue weighted by Gasteiger charge is -2.11. The first kappa shape index (κ1) is 9.27. The van der Waals surface area contributed by atoms with Crippen LogP contribution in [0, 0.1) is 0 Å².